The van der Waals surface area contributed by atoms with Crippen LogP contribution in [0.4, 0.5) is 4.39 Å². The quantitative estimate of drug-likeness (QED) is 0.885. The van der Waals surface area contributed by atoms with Crippen molar-refractivity contribution in [2.45, 2.75) is 18.9 Å². The van der Waals surface area contributed by atoms with E-state index in [1.807, 2.05) is 0 Å². The Bertz CT molecular complexity index is 366. The van der Waals surface area contributed by atoms with E-state index in [-0.39, 0.29) is 11.9 Å². The number of hydrogen-bond donors (Lipinski definition) is 1. The molecule has 1 saturated heterocycles. The molecule has 16 heavy (non-hydrogen) atoms. The molecular weight excluding hydrogens is 229 g/mol. The molecule has 0 saturated carbocycles. The summed E-state index contributed by atoms with van der Waals surface area (Å²) in [6.07, 6.45) is 1.51. The summed E-state index contributed by atoms with van der Waals surface area (Å²) in [5.74, 6) is 0.0666. The van der Waals surface area contributed by atoms with Crippen LogP contribution in [0, 0.1) is 11.7 Å². The highest BCUT2D eigenvalue weighted by Crippen LogP contribution is 2.21. The standard InChI is InChI=1S/C12H15ClFNO/c13-10-2-1-8(11(14)6-10)5-12(15)9-3-4-16-7-9/h1-2,6,9,12H,3-5,7,15H2. The average Bonchev–Trinajstić information content (AvgIpc) is 2.75. The third kappa shape index (κ3) is 2.73. The molecule has 0 aliphatic carbocycles. The number of halogens is 2. The van der Waals surface area contributed by atoms with Crippen LogP contribution in [-0.2, 0) is 11.2 Å². The molecule has 0 radical (unpaired) electrons. The first kappa shape index (κ1) is 11.8. The molecule has 0 aromatic heterocycles. The van der Waals surface area contributed by atoms with Gasteiger partial charge in [0.15, 0.2) is 0 Å². The highest BCUT2D eigenvalue weighted by molar-refractivity contribution is 6.30. The molecule has 2 atom stereocenters. The van der Waals surface area contributed by atoms with Gasteiger partial charge in [-0.3, -0.25) is 0 Å². The summed E-state index contributed by atoms with van der Waals surface area (Å²) in [5.41, 5.74) is 6.67. The van der Waals surface area contributed by atoms with Crippen LogP contribution in [0.1, 0.15) is 12.0 Å². The Hall–Kier alpha value is -0.640. The maximum Gasteiger partial charge on any atom is 0.127 e. The van der Waals surface area contributed by atoms with Gasteiger partial charge in [0.1, 0.15) is 5.82 Å². The Labute approximate surface area is 99.5 Å². The predicted molar refractivity (Wildman–Crippen MR) is 62.0 cm³/mol. The van der Waals surface area contributed by atoms with Crippen molar-refractivity contribution in [3.63, 3.8) is 0 Å². The van der Waals surface area contributed by atoms with E-state index in [1.54, 1.807) is 12.1 Å². The Kier molecular flexibility index (Phi) is 3.79. The second kappa shape index (κ2) is 5.13. The second-order valence-corrected chi connectivity index (χ2v) is 4.66. The Morgan fingerprint density at radius 2 is 2.38 bits per heavy atom. The number of rotatable bonds is 3. The van der Waals surface area contributed by atoms with Crippen LogP contribution < -0.4 is 5.73 Å². The molecule has 1 aromatic carbocycles. The molecule has 1 fully saturated rings. The predicted octanol–water partition coefficient (Wildman–Crippen LogP) is 2.39. The summed E-state index contributed by atoms with van der Waals surface area (Å²) in [7, 11) is 0. The lowest BCUT2D eigenvalue weighted by atomic mass is 9.93. The van der Waals surface area contributed by atoms with E-state index in [4.69, 9.17) is 22.1 Å². The van der Waals surface area contributed by atoms with E-state index in [9.17, 15) is 4.39 Å². The van der Waals surface area contributed by atoms with Crippen LogP contribution in [0.2, 0.25) is 5.02 Å². The van der Waals surface area contributed by atoms with Crippen LogP contribution >= 0.6 is 11.6 Å². The van der Waals surface area contributed by atoms with Gasteiger partial charge in [0.2, 0.25) is 0 Å². The topological polar surface area (TPSA) is 35.2 Å². The second-order valence-electron chi connectivity index (χ2n) is 4.23. The van der Waals surface area contributed by atoms with Gasteiger partial charge < -0.3 is 10.5 Å². The Morgan fingerprint density at radius 1 is 1.56 bits per heavy atom. The fraction of sp³-hybridized carbons (Fsp3) is 0.500. The minimum Gasteiger partial charge on any atom is -0.381 e. The Morgan fingerprint density at radius 3 is 3.00 bits per heavy atom. The van der Waals surface area contributed by atoms with E-state index in [0.29, 0.717) is 29.5 Å². The molecule has 2 rings (SSSR count). The smallest absolute Gasteiger partial charge is 0.127 e. The van der Waals surface area contributed by atoms with Crippen molar-refractivity contribution in [1.29, 1.82) is 0 Å². The molecule has 2 unspecified atom stereocenters. The minimum atomic E-state index is -0.276. The summed E-state index contributed by atoms with van der Waals surface area (Å²) in [6, 6.07) is 4.68. The largest absolute Gasteiger partial charge is 0.381 e. The molecule has 1 aliphatic rings. The zero-order chi connectivity index (χ0) is 11.5. The first-order chi connectivity index (χ1) is 7.66. The van der Waals surface area contributed by atoms with Gasteiger partial charge in [-0.25, -0.2) is 4.39 Å². The summed E-state index contributed by atoms with van der Waals surface area (Å²) in [5, 5.41) is 0.416. The van der Waals surface area contributed by atoms with Gasteiger partial charge >= 0.3 is 0 Å². The molecule has 2 N–H and O–H groups in total. The summed E-state index contributed by atoms with van der Waals surface area (Å²) in [4.78, 5) is 0. The third-order valence-electron chi connectivity index (χ3n) is 3.04. The highest BCUT2D eigenvalue weighted by Gasteiger charge is 2.23. The molecule has 1 heterocycles. The normalized spacial score (nSPS) is 22.3. The van der Waals surface area contributed by atoms with Crippen molar-refractivity contribution in [1.82, 2.24) is 0 Å². The highest BCUT2D eigenvalue weighted by atomic mass is 35.5. The summed E-state index contributed by atoms with van der Waals surface area (Å²) < 4.78 is 18.8. The van der Waals surface area contributed by atoms with Gasteiger partial charge in [-0.1, -0.05) is 17.7 Å². The molecule has 0 spiro atoms. The van der Waals surface area contributed by atoms with Crippen LogP contribution in [0.15, 0.2) is 18.2 Å². The van der Waals surface area contributed by atoms with Gasteiger partial charge in [0, 0.05) is 17.7 Å². The van der Waals surface area contributed by atoms with Crippen molar-refractivity contribution >= 4 is 11.6 Å². The molecule has 0 bridgehead atoms. The van der Waals surface area contributed by atoms with Gasteiger partial charge in [0.05, 0.1) is 6.61 Å². The molecule has 1 aromatic rings. The van der Waals surface area contributed by atoms with Crippen LogP contribution in [0.3, 0.4) is 0 Å². The van der Waals surface area contributed by atoms with Crippen LogP contribution in [0.25, 0.3) is 0 Å². The average molecular weight is 244 g/mol. The minimum absolute atomic E-state index is 0.0434. The molecule has 0 amide bonds. The van der Waals surface area contributed by atoms with E-state index < -0.39 is 0 Å². The molecule has 4 heteroatoms. The summed E-state index contributed by atoms with van der Waals surface area (Å²) >= 11 is 5.69. The molecular formula is C12H15ClFNO. The monoisotopic (exact) mass is 243 g/mol. The van der Waals surface area contributed by atoms with Gasteiger partial charge in [-0.05, 0) is 36.5 Å². The van der Waals surface area contributed by atoms with E-state index >= 15 is 0 Å². The van der Waals surface area contributed by atoms with Gasteiger partial charge in [0.25, 0.3) is 0 Å². The van der Waals surface area contributed by atoms with Crippen molar-refractivity contribution in [2.24, 2.45) is 11.7 Å². The van der Waals surface area contributed by atoms with Crippen molar-refractivity contribution in [3.8, 4) is 0 Å². The fourth-order valence-corrected chi connectivity index (χ4v) is 2.16. The van der Waals surface area contributed by atoms with Crippen molar-refractivity contribution in [3.05, 3.63) is 34.6 Å². The van der Waals surface area contributed by atoms with Crippen LogP contribution in [0.5, 0.6) is 0 Å². The van der Waals surface area contributed by atoms with E-state index in [2.05, 4.69) is 0 Å². The lowest BCUT2D eigenvalue weighted by Gasteiger charge is -2.17. The first-order valence-electron chi connectivity index (χ1n) is 5.44. The van der Waals surface area contributed by atoms with E-state index in [1.165, 1.54) is 6.07 Å². The first-order valence-corrected chi connectivity index (χ1v) is 5.82. The van der Waals surface area contributed by atoms with Gasteiger partial charge in [-0.2, -0.15) is 0 Å². The third-order valence-corrected chi connectivity index (χ3v) is 3.28. The fourth-order valence-electron chi connectivity index (χ4n) is 2.00. The number of nitrogens with two attached hydrogens (primary N) is 1. The zero-order valence-corrected chi connectivity index (χ0v) is 9.71. The lowest BCUT2D eigenvalue weighted by Crippen LogP contribution is -2.32. The SMILES string of the molecule is NC(Cc1ccc(Cl)cc1F)C1CCOC1. The molecule has 1 aliphatic heterocycles. The van der Waals surface area contributed by atoms with Crippen molar-refractivity contribution < 1.29 is 9.13 Å². The maximum absolute atomic E-state index is 13.5. The van der Waals surface area contributed by atoms with E-state index in [0.717, 1.165) is 13.0 Å². The van der Waals surface area contributed by atoms with Crippen LogP contribution in [-0.4, -0.2) is 19.3 Å². The lowest BCUT2D eigenvalue weighted by molar-refractivity contribution is 0.180. The number of benzene rings is 1. The summed E-state index contributed by atoms with van der Waals surface area (Å²) in [6.45, 7) is 1.46. The van der Waals surface area contributed by atoms with Gasteiger partial charge in [-0.15, -0.1) is 0 Å². The Balaban J connectivity index is 2.02. The number of ether oxygens (including phenoxy) is 1. The zero-order valence-electron chi connectivity index (χ0n) is 8.96. The molecule has 2 nitrogen and oxygen atoms in total. The number of hydrogen-bond acceptors (Lipinski definition) is 2. The molecule has 88 valence electrons. The maximum atomic E-state index is 13.5. The van der Waals surface area contributed by atoms with Crippen molar-refractivity contribution in [2.75, 3.05) is 13.2 Å².